The van der Waals surface area contributed by atoms with Gasteiger partial charge < -0.3 is 9.47 Å². The van der Waals surface area contributed by atoms with E-state index < -0.39 is 11.6 Å². The number of fused-ring (bicyclic) bond motifs is 2. The molecule has 1 saturated heterocycles. The van der Waals surface area contributed by atoms with E-state index in [0.29, 0.717) is 43.0 Å². The lowest BCUT2D eigenvalue weighted by Crippen LogP contribution is -2.45. The number of carbonyl (C=O) groups excluding carboxylic acids is 3. The molecule has 1 saturated carbocycles. The van der Waals surface area contributed by atoms with E-state index in [-0.39, 0.29) is 42.3 Å². The zero-order valence-corrected chi connectivity index (χ0v) is 19.4. The number of allylic oxidation sites excluding steroid dienone is 4. The van der Waals surface area contributed by atoms with Crippen LogP contribution in [0.15, 0.2) is 47.1 Å². The van der Waals surface area contributed by atoms with Gasteiger partial charge in [0.15, 0.2) is 11.4 Å². The molecule has 4 atom stereocenters. The second kappa shape index (κ2) is 8.56. The molecule has 4 aliphatic rings. The van der Waals surface area contributed by atoms with Gasteiger partial charge in [-0.15, -0.1) is 0 Å². The lowest BCUT2D eigenvalue weighted by molar-refractivity contribution is -0.165. The molecule has 0 amide bonds. The summed E-state index contributed by atoms with van der Waals surface area (Å²) in [7, 11) is 0. The predicted octanol–water partition coefficient (Wildman–Crippen LogP) is 3.19. The van der Waals surface area contributed by atoms with Gasteiger partial charge in [-0.25, -0.2) is 0 Å². The molecule has 3 aliphatic carbocycles. The van der Waals surface area contributed by atoms with Crippen molar-refractivity contribution >= 4 is 17.5 Å². The van der Waals surface area contributed by atoms with Crippen LogP contribution in [0.4, 0.5) is 0 Å². The Kier molecular flexibility index (Phi) is 6.12. The van der Waals surface area contributed by atoms with Gasteiger partial charge in [-0.05, 0) is 51.0 Å². The van der Waals surface area contributed by atoms with Gasteiger partial charge in [-0.2, -0.15) is 0 Å². The Hall–Kier alpha value is -2.31. The number of hydrogen-bond donors (Lipinski definition) is 0. The first-order valence-electron chi connectivity index (χ1n) is 11.5. The van der Waals surface area contributed by atoms with Gasteiger partial charge >= 0.3 is 5.97 Å². The summed E-state index contributed by atoms with van der Waals surface area (Å²) < 4.78 is 11.1. The molecule has 0 spiro atoms. The van der Waals surface area contributed by atoms with Crippen molar-refractivity contribution in [3.05, 3.63) is 47.1 Å². The van der Waals surface area contributed by atoms with E-state index in [9.17, 15) is 14.4 Å². The van der Waals surface area contributed by atoms with E-state index in [4.69, 9.17) is 9.47 Å². The fourth-order valence-corrected chi connectivity index (χ4v) is 5.75. The molecular weight excluding hydrogens is 406 g/mol. The van der Waals surface area contributed by atoms with Gasteiger partial charge in [0, 0.05) is 36.6 Å². The number of rotatable bonds is 4. The van der Waals surface area contributed by atoms with E-state index in [1.165, 1.54) is 0 Å². The molecule has 1 aliphatic heterocycles. The summed E-state index contributed by atoms with van der Waals surface area (Å²) in [5, 5.41) is 0. The largest absolute Gasteiger partial charge is 0.450 e. The third-order valence-electron chi connectivity index (χ3n) is 7.44. The fraction of sp³-hybridized carbons (Fsp3) is 0.577. The minimum Gasteiger partial charge on any atom is -0.450 e. The average molecular weight is 440 g/mol. The van der Waals surface area contributed by atoms with Gasteiger partial charge in [0.25, 0.3) is 0 Å². The quantitative estimate of drug-likeness (QED) is 0.495. The van der Waals surface area contributed by atoms with Crippen LogP contribution >= 0.6 is 0 Å². The number of carbonyl (C=O) groups is 3. The van der Waals surface area contributed by atoms with Crippen molar-refractivity contribution in [1.82, 2.24) is 4.90 Å². The zero-order valence-electron chi connectivity index (χ0n) is 19.4. The number of hydrogen-bond acceptors (Lipinski definition) is 6. The predicted molar refractivity (Wildman–Crippen MR) is 121 cm³/mol. The van der Waals surface area contributed by atoms with Crippen LogP contribution < -0.4 is 0 Å². The van der Waals surface area contributed by atoms with Gasteiger partial charge in [0.2, 0.25) is 5.78 Å². The maximum atomic E-state index is 13.8. The van der Waals surface area contributed by atoms with Crippen LogP contribution in [0.25, 0.3) is 0 Å². The van der Waals surface area contributed by atoms with Crippen molar-refractivity contribution in [3.8, 4) is 0 Å². The minimum atomic E-state index is -1.36. The van der Waals surface area contributed by atoms with Crippen LogP contribution in [-0.2, 0) is 23.9 Å². The van der Waals surface area contributed by atoms with Crippen LogP contribution in [0.2, 0.25) is 0 Å². The first-order valence-corrected chi connectivity index (χ1v) is 11.5. The van der Waals surface area contributed by atoms with Gasteiger partial charge in [0.1, 0.15) is 0 Å². The number of Topliss-reactive ketones (excluding diaryl/α,β-unsaturated/α-hetero) is 2. The van der Waals surface area contributed by atoms with Gasteiger partial charge in [0.05, 0.1) is 19.8 Å². The molecular formula is C26H33NO5. The number of nitrogens with zero attached hydrogens (tertiary/aromatic N) is 1. The first kappa shape index (κ1) is 22.9. The van der Waals surface area contributed by atoms with Crippen LogP contribution in [0.5, 0.6) is 0 Å². The second-order valence-corrected chi connectivity index (χ2v) is 9.88. The maximum Gasteiger partial charge on any atom is 0.321 e. The molecule has 0 aromatic heterocycles. The van der Waals surface area contributed by atoms with Crippen molar-refractivity contribution in [3.63, 3.8) is 0 Å². The van der Waals surface area contributed by atoms with Crippen LogP contribution in [0.3, 0.4) is 0 Å². The Morgan fingerprint density at radius 1 is 1.31 bits per heavy atom. The topological polar surface area (TPSA) is 72.9 Å². The van der Waals surface area contributed by atoms with E-state index in [0.717, 1.165) is 24.0 Å². The Morgan fingerprint density at radius 3 is 2.66 bits per heavy atom. The summed E-state index contributed by atoms with van der Waals surface area (Å²) in [5.41, 5.74) is 2.30. The molecule has 1 heterocycles. The molecule has 4 rings (SSSR count). The normalized spacial score (nSPS) is 33.4. The van der Waals surface area contributed by atoms with Crippen LogP contribution in [-0.4, -0.2) is 60.9 Å². The van der Waals surface area contributed by atoms with E-state index in [1.807, 2.05) is 24.8 Å². The molecule has 0 N–H and O–H groups in total. The zero-order chi connectivity index (χ0) is 23.2. The summed E-state index contributed by atoms with van der Waals surface area (Å²) in [6.45, 7) is 16.5. The third-order valence-corrected chi connectivity index (χ3v) is 7.44. The SMILES string of the molecule is C=C1CC[C@H](C(=C)C)[C@H]2C=C(C)C(=O)C3=C(C(=O)[C@@](C)(OC(=O)CN4CCOCC4)C3)[C@H]12. The molecule has 0 radical (unpaired) electrons. The molecule has 32 heavy (non-hydrogen) atoms. The van der Waals surface area contributed by atoms with E-state index in [1.54, 1.807) is 6.92 Å². The summed E-state index contributed by atoms with van der Waals surface area (Å²) >= 11 is 0. The fourth-order valence-electron chi connectivity index (χ4n) is 5.75. The smallest absolute Gasteiger partial charge is 0.321 e. The highest BCUT2D eigenvalue weighted by Crippen LogP contribution is 2.52. The maximum absolute atomic E-state index is 13.8. The highest BCUT2D eigenvalue weighted by atomic mass is 16.6. The monoisotopic (exact) mass is 439 g/mol. The van der Waals surface area contributed by atoms with E-state index in [2.05, 4.69) is 13.2 Å². The molecule has 0 unspecified atom stereocenters. The molecule has 0 aromatic carbocycles. The Labute approximate surface area is 190 Å². The lowest BCUT2D eigenvalue weighted by atomic mass is 9.64. The van der Waals surface area contributed by atoms with Crippen molar-refractivity contribution in [2.45, 2.75) is 45.6 Å². The second-order valence-electron chi connectivity index (χ2n) is 9.88. The van der Waals surface area contributed by atoms with Crippen molar-refractivity contribution in [2.24, 2.45) is 17.8 Å². The third kappa shape index (κ3) is 3.95. The number of esters is 1. The van der Waals surface area contributed by atoms with Crippen LogP contribution in [0, 0.1) is 17.8 Å². The highest BCUT2D eigenvalue weighted by molar-refractivity contribution is 6.19. The number of morpholine rings is 1. The minimum absolute atomic E-state index is 0.0273. The Balaban J connectivity index is 1.63. The summed E-state index contributed by atoms with van der Waals surface area (Å²) in [4.78, 5) is 41.7. The molecule has 0 aromatic rings. The average Bonchev–Trinajstić information content (AvgIpc) is 2.92. The lowest BCUT2D eigenvalue weighted by Gasteiger charge is -2.39. The molecule has 2 fully saturated rings. The summed E-state index contributed by atoms with van der Waals surface area (Å²) in [6.07, 6.45) is 3.84. The Morgan fingerprint density at radius 2 is 2.00 bits per heavy atom. The summed E-state index contributed by atoms with van der Waals surface area (Å²) in [5.74, 6) is -0.904. The summed E-state index contributed by atoms with van der Waals surface area (Å²) in [6, 6.07) is 0. The van der Waals surface area contributed by atoms with Crippen molar-refractivity contribution < 1.29 is 23.9 Å². The Bertz CT molecular complexity index is 951. The highest BCUT2D eigenvalue weighted by Gasteiger charge is 2.54. The number of ketones is 2. The number of ether oxygens (including phenoxy) is 2. The molecule has 6 heteroatoms. The molecule has 0 bridgehead atoms. The van der Waals surface area contributed by atoms with Crippen LogP contribution in [0.1, 0.15) is 40.0 Å². The first-order chi connectivity index (χ1) is 15.1. The molecule has 172 valence electrons. The molecule has 6 nitrogen and oxygen atoms in total. The van der Waals surface area contributed by atoms with Crippen molar-refractivity contribution in [2.75, 3.05) is 32.8 Å². The van der Waals surface area contributed by atoms with E-state index >= 15 is 0 Å². The standard InChI is InChI=1S/C26H33NO5/c1-15(2)18-7-6-16(3)22-19(18)12-17(4)24(29)20-13-26(5,25(30)23(20)22)32-21(28)14-27-8-10-31-11-9-27/h12,18-19,22H,1,3,6-11,13-14H2,2,4-5H3/t18-,19-,22-,26+/m1/s1. The van der Waals surface area contributed by atoms with Crippen molar-refractivity contribution in [1.29, 1.82) is 0 Å². The van der Waals surface area contributed by atoms with Gasteiger partial charge in [-0.1, -0.05) is 30.4 Å². The van der Waals surface area contributed by atoms with Gasteiger partial charge in [-0.3, -0.25) is 19.3 Å².